The van der Waals surface area contributed by atoms with Crippen LogP contribution in [0.15, 0.2) is 34.1 Å². The van der Waals surface area contributed by atoms with Crippen molar-refractivity contribution in [2.75, 3.05) is 27.2 Å². The maximum Gasteiger partial charge on any atom is 0.242 e. The molecule has 1 atom stereocenters. The first-order valence-electron chi connectivity index (χ1n) is 7.37. The van der Waals surface area contributed by atoms with Gasteiger partial charge in [-0.2, -0.15) is 0 Å². The summed E-state index contributed by atoms with van der Waals surface area (Å²) in [5.41, 5.74) is 0. The monoisotopic (exact) mass is 362 g/mol. The molecule has 130 valence electrons. The Morgan fingerprint density at radius 1 is 1.13 bits per heavy atom. The van der Waals surface area contributed by atoms with Gasteiger partial charge < -0.3 is 4.74 Å². The molecule has 1 aliphatic heterocycles. The minimum absolute atomic E-state index is 0.0440. The van der Waals surface area contributed by atoms with Crippen molar-refractivity contribution in [2.24, 2.45) is 0 Å². The number of ether oxygens (including phenoxy) is 1. The number of sulfonamides is 2. The van der Waals surface area contributed by atoms with E-state index in [1.54, 1.807) is 0 Å². The molecule has 23 heavy (non-hydrogen) atoms. The molecule has 0 amide bonds. The molecule has 1 heterocycles. The number of rotatable bonds is 7. The Hall–Kier alpha value is -1.00. The van der Waals surface area contributed by atoms with Gasteiger partial charge in [-0.05, 0) is 43.5 Å². The van der Waals surface area contributed by atoms with Gasteiger partial charge in [-0.3, -0.25) is 0 Å². The van der Waals surface area contributed by atoms with Crippen LogP contribution in [0.5, 0.6) is 0 Å². The van der Waals surface area contributed by atoms with E-state index in [9.17, 15) is 16.8 Å². The summed E-state index contributed by atoms with van der Waals surface area (Å²) in [6.45, 7) is 1.03. The maximum absolute atomic E-state index is 12.2. The summed E-state index contributed by atoms with van der Waals surface area (Å²) < 4.78 is 57.3. The van der Waals surface area contributed by atoms with Crippen LogP contribution in [-0.4, -0.2) is 54.5 Å². The largest absolute Gasteiger partial charge is 0.378 e. The van der Waals surface area contributed by atoms with Crippen molar-refractivity contribution in [2.45, 2.75) is 35.2 Å². The van der Waals surface area contributed by atoms with Crippen LogP contribution in [0.25, 0.3) is 0 Å². The molecule has 0 aliphatic carbocycles. The van der Waals surface area contributed by atoms with Crippen molar-refractivity contribution in [1.29, 1.82) is 0 Å². The minimum Gasteiger partial charge on any atom is -0.378 e. The summed E-state index contributed by atoms with van der Waals surface area (Å²) in [6.07, 6.45) is 2.72. The Morgan fingerprint density at radius 2 is 1.74 bits per heavy atom. The van der Waals surface area contributed by atoms with Crippen LogP contribution in [0.3, 0.4) is 0 Å². The van der Waals surface area contributed by atoms with E-state index >= 15 is 0 Å². The number of nitrogens with zero attached hydrogens (tertiary/aromatic N) is 1. The molecule has 0 spiro atoms. The van der Waals surface area contributed by atoms with Crippen molar-refractivity contribution in [3.8, 4) is 0 Å². The van der Waals surface area contributed by atoms with Crippen molar-refractivity contribution < 1.29 is 21.6 Å². The highest BCUT2D eigenvalue weighted by Crippen LogP contribution is 2.18. The van der Waals surface area contributed by atoms with Crippen molar-refractivity contribution in [1.82, 2.24) is 9.03 Å². The number of nitrogens with one attached hydrogen (secondary N) is 1. The fourth-order valence-electron chi connectivity index (χ4n) is 2.31. The van der Waals surface area contributed by atoms with E-state index in [1.165, 1.54) is 38.4 Å². The number of hydrogen-bond acceptors (Lipinski definition) is 5. The first-order valence-corrected chi connectivity index (χ1v) is 10.3. The molecule has 0 radical (unpaired) electrons. The van der Waals surface area contributed by atoms with E-state index in [-0.39, 0.29) is 15.9 Å². The summed E-state index contributed by atoms with van der Waals surface area (Å²) in [6, 6.07) is 5.18. The normalized spacial score (nSPS) is 19.3. The molecule has 1 unspecified atom stereocenters. The Balaban J connectivity index is 2.02. The van der Waals surface area contributed by atoms with E-state index in [1.807, 2.05) is 0 Å². The smallest absolute Gasteiger partial charge is 0.242 e. The first-order chi connectivity index (χ1) is 10.7. The molecule has 0 bridgehead atoms. The van der Waals surface area contributed by atoms with Crippen LogP contribution in [-0.2, 0) is 24.8 Å². The van der Waals surface area contributed by atoms with Gasteiger partial charge in [0, 0.05) is 27.2 Å². The molecule has 0 aromatic heterocycles. The molecule has 7 nitrogen and oxygen atoms in total. The van der Waals surface area contributed by atoms with Gasteiger partial charge in [0.05, 0.1) is 15.9 Å². The van der Waals surface area contributed by atoms with Crippen LogP contribution in [0, 0.1) is 0 Å². The summed E-state index contributed by atoms with van der Waals surface area (Å²) in [4.78, 5) is 0.100. The van der Waals surface area contributed by atoms with Gasteiger partial charge in [0.15, 0.2) is 0 Å². The molecule has 1 N–H and O–H groups in total. The lowest BCUT2D eigenvalue weighted by Gasteiger charge is -2.13. The van der Waals surface area contributed by atoms with Gasteiger partial charge in [-0.1, -0.05) is 0 Å². The van der Waals surface area contributed by atoms with Crippen LogP contribution in [0.2, 0.25) is 0 Å². The highest BCUT2D eigenvalue weighted by Gasteiger charge is 2.20. The summed E-state index contributed by atoms with van der Waals surface area (Å²) in [5, 5.41) is 0. The average Bonchev–Trinajstić information content (AvgIpc) is 3.00. The maximum atomic E-state index is 12.2. The predicted octanol–water partition coefficient (Wildman–Crippen LogP) is 0.784. The summed E-state index contributed by atoms with van der Waals surface area (Å²) in [5.74, 6) is 0. The first kappa shape index (κ1) is 18.3. The second-order valence-electron chi connectivity index (χ2n) is 5.58. The average molecular weight is 362 g/mol. The third-order valence-corrected chi connectivity index (χ3v) is 7.00. The van der Waals surface area contributed by atoms with Crippen LogP contribution < -0.4 is 4.72 Å². The van der Waals surface area contributed by atoms with Crippen molar-refractivity contribution >= 4 is 20.0 Å². The number of hydrogen-bond donors (Lipinski definition) is 1. The van der Waals surface area contributed by atoms with Gasteiger partial charge in [0.1, 0.15) is 0 Å². The zero-order chi connectivity index (χ0) is 17.1. The lowest BCUT2D eigenvalue weighted by molar-refractivity contribution is 0.105. The third kappa shape index (κ3) is 4.51. The highest BCUT2D eigenvalue weighted by atomic mass is 32.2. The molecule has 1 aromatic rings. The topological polar surface area (TPSA) is 92.8 Å². The molecule has 0 saturated carbocycles. The lowest BCUT2D eigenvalue weighted by Crippen LogP contribution is -2.27. The fourth-order valence-corrected chi connectivity index (χ4v) is 4.26. The van der Waals surface area contributed by atoms with Crippen molar-refractivity contribution in [3.05, 3.63) is 24.3 Å². The lowest BCUT2D eigenvalue weighted by atomic mass is 10.2. The second-order valence-corrected chi connectivity index (χ2v) is 9.50. The van der Waals surface area contributed by atoms with Gasteiger partial charge in [-0.25, -0.2) is 25.9 Å². The Kier molecular flexibility index (Phi) is 5.79. The standard InChI is InChI=1S/C14H22N2O5S2/c1-16(2)23(19,20)14-7-5-13(6-8-14)22(17,18)15-10-9-12-4-3-11-21-12/h5-8,12,15H,3-4,9-11H2,1-2H3. The van der Waals surface area contributed by atoms with Gasteiger partial charge in [0.2, 0.25) is 20.0 Å². The molecular weight excluding hydrogens is 340 g/mol. The van der Waals surface area contributed by atoms with Gasteiger partial charge in [-0.15, -0.1) is 0 Å². The quantitative estimate of drug-likeness (QED) is 0.774. The molecular formula is C14H22N2O5S2. The van der Waals surface area contributed by atoms with Gasteiger partial charge >= 0.3 is 0 Å². The van der Waals surface area contributed by atoms with Crippen molar-refractivity contribution in [3.63, 3.8) is 0 Å². The van der Waals surface area contributed by atoms with Crippen LogP contribution >= 0.6 is 0 Å². The fraction of sp³-hybridized carbons (Fsp3) is 0.571. The Bertz CT molecular complexity index is 721. The minimum atomic E-state index is -3.65. The summed E-state index contributed by atoms with van der Waals surface area (Å²) >= 11 is 0. The van der Waals surface area contributed by atoms with Gasteiger partial charge in [0.25, 0.3) is 0 Å². The van der Waals surface area contributed by atoms with E-state index < -0.39 is 20.0 Å². The SMILES string of the molecule is CN(C)S(=O)(=O)c1ccc(S(=O)(=O)NCCC2CCCO2)cc1. The summed E-state index contributed by atoms with van der Waals surface area (Å²) in [7, 11) is -4.37. The number of benzene rings is 1. The Labute approximate surface area is 137 Å². The molecule has 1 aromatic carbocycles. The molecule has 1 aliphatic rings. The third-order valence-electron chi connectivity index (χ3n) is 3.69. The molecule has 1 saturated heterocycles. The zero-order valence-electron chi connectivity index (χ0n) is 13.2. The van der Waals surface area contributed by atoms with E-state index in [4.69, 9.17) is 4.74 Å². The highest BCUT2D eigenvalue weighted by molar-refractivity contribution is 7.89. The molecule has 9 heteroatoms. The van der Waals surface area contributed by atoms with E-state index in [0.29, 0.717) is 13.0 Å². The molecule has 1 fully saturated rings. The van der Waals surface area contributed by atoms with E-state index in [0.717, 1.165) is 23.8 Å². The van der Waals surface area contributed by atoms with Crippen LogP contribution in [0.4, 0.5) is 0 Å². The van der Waals surface area contributed by atoms with E-state index in [2.05, 4.69) is 4.72 Å². The zero-order valence-corrected chi connectivity index (χ0v) is 14.9. The predicted molar refractivity (Wildman–Crippen MR) is 86.1 cm³/mol. The second kappa shape index (κ2) is 7.27. The van der Waals surface area contributed by atoms with Crippen LogP contribution in [0.1, 0.15) is 19.3 Å². The molecule has 2 rings (SSSR count). The Morgan fingerprint density at radius 3 is 2.26 bits per heavy atom.